The number of anilines is 6. The zero-order valence-electron chi connectivity index (χ0n) is 39.2. The normalized spacial score (nSPS) is 14.2. The van der Waals surface area contributed by atoms with Crippen LogP contribution in [-0.2, 0) is 5.41 Å². The summed E-state index contributed by atoms with van der Waals surface area (Å²) in [5.74, 6) is 0. The van der Waals surface area contributed by atoms with E-state index >= 15 is 0 Å². The summed E-state index contributed by atoms with van der Waals surface area (Å²) in [4.78, 5) is 4.88. The Morgan fingerprint density at radius 3 is 1.53 bits per heavy atom. The van der Waals surface area contributed by atoms with E-state index in [9.17, 15) is 0 Å². The molecule has 0 saturated heterocycles. The average Bonchev–Trinajstić information content (AvgIpc) is 4.09. The lowest BCUT2D eigenvalue weighted by atomic mass is 9.70. The molecule has 0 saturated carbocycles. The lowest BCUT2D eigenvalue weighted by Gasteiger charge is -2.34. The highest BCUT2D eigenvalue weighted by atomic mass is 16.3. The third-order valence-electron chi connectivity index (χ3n) is 15.4. The topological polar surface area (TPSA) is 19.6 Å². The Morgan fingerprint density at radius 1 is 0.292 bits per heavy atom. The van der Waals surface area contributed by atoms with Crippen LogP contribution in [0.2, 0.25) is 0 Å². The molecule has 3 nitrogen and oxygen atoms in total. The number of para-hydroxylation sites is 3. The second-order valence-electron chi connectivity index (χ2n) is 19.1. The Hall–Kier alpha value is -9.44. The minimum absolute atomic E-state index is 0.641. The Labute approximate surface area is 417 Å². The van der Waals surface area contributed by atoms with Crippen LogP contribution in [0, 0.1) is 0 Å². The molecule has 13 aromatic rings. The molecule has 0 N–H and O–H groups in total. The first kappa shape index (κ1) is 40.4. The molecule has 0 fully saturated rings. The van der Waals surface area contributed by atoms with Gasteiger partial charge in [-0.05, 0) is 138 Å². The van der Waals surface area contributed by atoms with Crippen molar-refractivity contribution < 1.29 is 4.42 Å². The highest BCUT2D eigenvalue weighted by Crippen LogP contribution is 2.64. The van der Waals surface area contributed by atoms with Gasteiger partial charge >= 0.3 is 0 Å². The smallest absolute Gasteiger partial charge is 0.159 e. The molecule has 1 spiro atoms. The minimum atomic E-state index is -0.641. The van der Waals surface area contributed by atoms with Crippen LogP contribution in [0.25, 0.3) is 76.9 Å². The second-order valence-corrected chi connectivity index (χ2v) is 19.1. The van der Waals surface area contributed by atoms with Gasteiger partial charge in [-0.1, -0.05) is 200 Å². The number of furan rings is 1. The van der Waals surface area contributed by atoms with Gasteiger partial charge in [-0.2, -0.15) is 0 Å². The van der Waals surface area contributed by atoms with Gasteiger partial charge in [0.25, 0.3) is 0 Å². The van der Waals surface area contributed by atoms with Crippen LogP contribution in [0.4, 0.5) is 34.1 Å². The quantitative estimate of drug-likeness (QED) is 0.159. The molecule has 3 heteroatoms. The summed E-state index contributed by atoms with van der Waals surface area (Å²) in [6.07, 6.45) is 0. The second kappa shape index (κ2) is 15.8. The van der Waals surface area contributed by atoms with Gasteiger partial charge in [-0.25, -0.2) is 0 Å². The standard InChI is InChI=1S/C69H44N2O/c1-3-20-47(21-4-1)67-53-25-10-9-19-46(53)35-41-64(67)71(50-36-34-45-18-7-8-22-48(45)42-50)52-38-40-57-55-27-12-15-31-61(55)69(63(57)44-52)60-30-14-11-26-54(60)56-39-37-51(43-62(56)69)70(49-23-5-2-6-24-49)65-32-17-29-59-58-28-13-16-33-66(58)72-68(59)65/h1-44H. The van der Waals surface area contributed by atoms with E-state index in [-0.39, 0.29) is 0 Å². The predicted molar refractivity (Wildman–Crippen MR) is 300 cm³/mol. The molecule has 336 valence electrons. The maximum atomic E-state index is 6.78. The molecule has 1 unspecified atom stereocenters. The third-order valence-corrected chi connectivity index (χ3v) is 15.4. The van der Waals surface area contributed by atoms with Crippen molar-refractivity contribution in [1.82, 2.24) is 0 Å². The fraction of sp³-hybridized carbons (Fsp3) is 0.0145. The van der Waals surface area contributed by atoms with Crippen molar-refractivity contribution in [3.63, 3.8) is 0 Å². The van der Waals surface area contributed by atoms with Crippen LogP contribution in [0.15, 0.2) is 271 Å². The maximum absolute atomic E-state index is 6.78. The van der Waals surface area contributed by atoms with Crippen LogP contribution in [0.3, 0.4) is 0 Å². The van der Waals surface area contributed by atoms with E-state index in [4.69, 9.17) is 4.42 Å². The molecule has 0 amide bonds. The highest BCUT2D eigenvalue weighted by molar-refractivity contribution is 6.11. The minimum Gasteiger partial charge on any atom is -0.454 e. The number of hydrogen-bond donors (Lipinski definition) is 0. The summed E-state index contributed by atoms with van der Waals surface area (Å²) in [7, 11) is 0. The van der Waals surface area contributed by atoms with E-state index in [0.717, 1.165) is 56.1 Å². The van der Waals surface area contributed by atoms with Crippen molar-refractivity contribution in [2.24, 2.45) is 0 Å². The number of rotatable bonds is 7. The molecule has 2 aliphatic rings. The Morgan fingerprint density at radius 2 is 0.806 bits per heavy atom. The molecule has 0 aliphatic heterocycles. The van der Waals surface area contributed by atoms with Crippen molar-refractivity contribution in [1.29, 1.82) is 0 Å². The Kier molecular flexibility index (Phi) is 8.87. The van der Waals surface area contributed by atoms with E-state index in [2.05, 4.69) is 271 Å². The highest BCUT2D eigenvalue weighted by Gasteiger charge is 2.52. The Balaban J connectivity index is 1.01. The molecule has 2 aliphatic carbocycles. The number of benzene rings is 12. The molecule has 15 rings (SSSR count). The lowest BCUT2D eigenvalue weighted by molar-refractivity contribution is 0.669. The number of fused-ring (bicyclic) bond motifs is 15. The Bertz CT molecular complexity index is 4290. The van der Waals surface area contributed by atoms with Crippen molar-refractivity contribution in [3.05, 3.63) is 289 Å². The summed E-state index contributed by atoms with van der Waals surface area (Å²) in [6.45, 7) is 0. The van der Waals surface area contributed by atoms with Crippen LogP contribution in [-0.4, -0.2) is 0 Å². The van der Waals surface area contributed by atoms with Crippen LogP contribution >= 0.6 is 0 Å². The number of nitrogens with zero attached hydrogens (tertiary/aromatic N) is 2. The summed E-state index contributed by atoms with van der Waals surface area (Å²) in [5.41, 5.74) is 20.0. The summed E-state index contributed by atoms with van der Waals surface area (Å²) in [5, 5.41) is 7.03. The number of hydrogen-bond acceptors (Lipinski definition) is 3. The first-order valence-electron chi connectivity index (χ1n) is 24.8. The monoisotopic (exact) mass is 916 g/mol. The van der Waals surface area contributed by atoms with Gasteiger partial charge in [0.15, 0.2) is 5.58 Å². The molecule has 0 radical (unpaired) electrons. The molecule has 1 heterocycles. The summed E-state index contributed by atoms with van der Waals surface area (Å²) in [6, 6.07) is 98.1. The zero-order valence-corrected chi connectivity index (χ0v) is 39.2. The van der Waals surface area contributed by atoms with Gasteiger partial charge in [0.05, 0.1) is 16.8 Å². The van der Waals surface area contributed by atoms with Gasteiger partial charge in [-0.15, -0.1) is 0 Å². The predicted octanol–water partition coefficient (Wildman–Crippen LogP) is 18.8. The van der Waals surface area contributed by atoms with Gasteiger partial charge < -0.3 is 14.2 Å². The summed E-state index contributed by atoms with van der Waals surface area (Å²) < 4.78 is 6.78. The van der Waals surface area contributed by atoms with Crippen LogP contribution < -0.4 is 9.80 Å². The largest absolute Gasteiger partial charge is 0.454 e. The SMILES string of the molecule is c1ccc(-c2c(N(c3ccc4c(c3)C3(c5ccccc5-4)c4ccccc4-c4ccc(N(c5ccccc5)c5cccc6c5oc5ccccc56)cc43)c3ccc4ccccc4c3)ccc3ccccc23)cc1. The molecular weight excluding hydrogens is 873 g/mol. The van der Waals surface area contributed by atoms with E-state index in [1.54, 1.807) is 0 Å². The maximum Gasteiger partial charge on any atom is 0.159 e. The van der Waals surface area contributed by atoms with Crippen LogP contribution in [0.1, 0.15) is 22.3 Å². The van der Waals surface area contributed by atoms with Gasteiger partial charge in [-0.3, -0.25) is 0 Å². The summed E-state index contributed by atoms with van der Waals surface area (Å²) >= 11 is 0. The fourth-order valence-corrected chi connectivity index (χ4v) is 12.4. The van der Waals surface area contributed by atoms with E-state index < -0.39 is 5.41 Å². The molecule has 72 heavy (non-hydrogen) atoms. The van der Waals surface area contributed by atoms with Crippen molar-refractivity contribution in [3.8, 4) is 33.4 Å². The van der Waals surface area contributed by atoms with E-state index in [1.807, 2.05) is 6.07 Å². The van der Waals surface area contributed by atoms with Gasteiger partial charge in [0.2, 0.25) is 0 Å². The molecule has 12 aromatic carbocycles. The van der Waals surface area contributed by atoms with Gasteiger partial charge in [0, 0.05) is 39.1 Å². The van der Waals surface area contributed by atoms with Crippen LogP contribution in [0.5, 0.6) is 0 Å². The molecular formula is C69H44N2O. The van der Waals surface area contributed by atoms with E-state index in [1.165, 1.54) is 77.2 Å². The van der Waals surface area contributed by atoms with E-state index in [0.29, 0.717) is 0 Å². The third kappa shape index (κ3) is 5.85. The van der Waals surface area contributed by atoms with Crippen molar-refractivity contribution >= 4 is 77.6 Å². The lowest BCUT2D eigenvalue weighted by Crippen LogP contribution is -2.26. The molecule has 1 atom stereocenters. The fourth-order valence-electron chi connectivity index (χ4n) is 12.4. The molecule has 0 bridgehead atoms. The van der Waals surface area contributed by atoms with Crippen molar-refractivity contribution in [2.45, 2.75) is 5.41 Å². The molecule has 1 aromatic heterocycles. The van der Waals surface area contributed by atoms with Crippen molar-refractivity contribution in [2.75, 3.05) is 9.80 Å². The first-order valence-corrected chi connectivity index (χ1v) is 24.8. The van der Waals surface area contributed by atoms with Gasteiger partial charge in [0.1, 0.15) is 5.58 Å². The first-order chi connectivity index (χ1) is 35.7. The average molecular weight is 917 g/mol. The zero-order chi connectivity index (χ0) is 47.3.